The Kier molecular flexibility index (Phi) is 9.55. The molecule has 192 valence electrons. The van der Waals surface area contributed by atoms with Gasteiger partial charge < -0.3 is 20.3 Å². The predicted molar refractivity (Wildman–Crippen MR) is 142 cm³/mol. The number of aryl methyl sites for hydroxylation is 1. The van der Waals surface area contributed by atoms with E-state index in [2.05, 4.69) is 15.6 Å². The fourth-order valence-electron chi connectivity index (χ4n) is 4.56. The third kappa shape index (κ3) is 6.74. The molecule has 1 aromatic carbocycles. The lowest BCUT2D eigenvalue weighted by Crippen LogP contribution is -2.59. The Balaban J connectivity index is 1.75. The van der Waals surface area contributed by atoms with Crippen molar-refractivity contribution in [2.45, 2.75) is 65.6 Å². The molecule has 0 saturated carbocycles. The number of likely N-dealkylation sites (N-methyl/N-ethyl adjacent to an activating group) is 1. The van der Waals surface area contributed by atoms with Gasteiger partial charge in [0.2, 0.25) is 11.8 Å². The molecular formula is C26H37ClN4O3S. The zero-order chi connectivity index (χ0) is 25.6. The average Bonchev–Trinajstić information content (AvgIpc) is 3.26. The molecule has 1 fully saturated rings. The van der Waals surface area contributed by atoms with Crippen LogP contribution >= 0.6 is 22.9 Å². The van der Waals surface area contributed by atoms with Gasteiger partial charge in [-0.15, -0.1) is 22.9 Å². The number of alkyl halides is 1. The van der Waals surface area contributed by atoms with Crippen LogP contribution in [0.25, 0.3) is 10.4 Å². The van der Waals surface area contributed by atoms with Crippen LogP contribution in [0, 0.1) is 12.3 Å². The number of hydrogen-bond acceptors (Lipinski definition) is 6. The van der Waals surface area contributed by atoms with Crippen molar-refractivity contribution >= 4 is 34.8 Å². The number of nitrogens with one attached hydrogen (secondary N) is 2. The van der Waals surface area contributed by atoms with Gasteiger partial charge in [0, 0.05) is 18.7 Å². The zero-order valence-electron chi connectivity index (χ0n) is 21.3. The summed E-state index contributed by atoms with van der Waals surface area (Å²) in [4.78, 5) is 33.8. The number of thiazole rings is 1. The molecule has 7 nitrogen and oxygen atoms in total. The molecule has 0 aliphatic carbocycles. The standard InChI is InChI=1S/C26H37ClN4O3S/c1-17-22(35-16-30-17)18-9-10-19(21(14-18)34-13-11-27)15-29-24(32)20-8-6-7-12-31(20)25(33)23(28-5)26(2,3)4/h9-10,14,16,20,23,28H,6-8,11-13,15H2,1-5H3,(H,29,32)/t20?,23-/m1/s1. The smallest absolute Gasteiger partial charge is 0.243 e. The van der Waals surface area contributed by atoms with E-state index in [-0.39, 0.29) is 23.3 Å². The minimum absolute atomic E-state index is 0.0183. The highest BCUT2D eigenvalue weighted by Crippen LogP contribution is 2.32. The number of rotatable bonds is 9. The van der Waals surface area contributed by atoms with Gasteiger partial charge in [0.15, 0.2) is 0 Å². The average molecular weight is 521 g/mol. The van der Waals surface area contributed by atoms with Crippen LogP contribution in [-0.2, 0) is 16.1 Å². The molecule has 1 saturated heterocycles. The van der Waals surface area contributed by atoms with E-state index in [4.69, 9.17) is 16.3 Å². The lowest BCUT2D eigenvalue weighted by Gasteiger charge is -2.40. The Morgan fingerprint density at radius 2 is 2.09 bits per heavy atom. The van der Waals surface area contributed by atoms with Crippen molar-refractivity contribution in [2.24, 2.45) is 5.41 Å². The molecular weight excluding hydrogens is 484 g/mol. The van der Waals surface area contributed by atoms with Crippen LogP contribution in [0.4, 0.5) is 0 Å². The quantitative estimate of drug-likeness (QED) is 0.480. The van der Waals surface area contributed by atoms with Crippen molar-refractivity contribution in [3.8, 4) is 16.2 Å². The summed E-state index contributed by atoms with van der Waals surface area (Å²) in [6, 6.07) is 5.15. The molecule has 0 spiro atoms. The number of hydrogen-bond donors (Lipinski definition) is 2. The predicted octanol–water partition coefficient (Wildman–Crippen LogP) is 4.37. The molecule has 0 radical (unpaired) electrons. The Bertz CT molecular complexity index is 1020. The van der Waals surface area contributed by atoms with Crippen molar-refractivity contribution in [1.29, 1.82) is 0 Å². The van der Waals surface area contributed by atoms with Gasteiger partial charge in [-0.05, 0) is 50.3 Å². The number of carbonyl (C=O) groups excluding carboxylic acids is 2. The molecule has 0 bridgehead atoms. The van der Waals surface area contributed by atoms with E-state index >= 15 is 0 Å². The number of piperidine rings is 1. The Labute approximate surface area is 217 Å². The second-order valence-electron chi connectivity index (χ2n) is 9.98. The number of ether oxygens (including phenoxy) is 1. The minimum atomic E-state index is -0.472. The minimum Gasteiger partial charge on any atom is -0.492 e. The maximum absolute atomic E-state index is 13.4. The first kappa shape index (κ1) is 27.4. The number of aromatic nitrogens is 1. The van der Waals surface area contributed by atoms with Crippen molar-refractivity contribution in [3.05, 3.63) is 35.0 Å². The maximum Gasteiger partial charge on any atom is 0.243 e. The van der Waals surface area contributed by atoms with Gasteiger partial charge in [0.1, 0.15) is 18.4 Å². The van der Waals surface area contributed by atoms with Crippen LogP contribution in [0.3, 0.4) is 0 Å². The van der Waals surface area contributed by atoms with Crippen LogP contribution < -0.4 is 15.4 Å². The molecule has 1 aliphatic rings. The summed E-state index contributed by atoms with van der Waals surface area (Å²) in [5.74, 6) is 0.911. The number of carbonyl (C=O) groups is 2. The van der Waals surface area contributed by atoms with Gasteiger partial charge in [0.25, 0.3) is 0 Å². The topological polar surface area (TPSA) is 83.6 Å². The molecule has 2 aromatic rings. The molecule has 3 rings (SSSR count). The molecule has 2 heterocycles. The van der Waals surface area contributed by atoms with Crippen molar-refractivity contribution < 1.29 is 14.3 Å². The molecule has 35 heavy (non-hydrogen) atoms. The third-order valence-corrected chi connectivity index (χ3v) is 7.48. The van der Waals surface area contributed by atoms with Crippen molar-refractivity contribution in [3.63, 3.8) is 0 Å². The summed E-state index contributed by atoms with van der Waals surface area (Å²) in [6.07, 6.45) is 2.50. The number of nitrogens with zero attached hydrogens (tertiary/aromatic N) is 2. The molecule has 9 heteroatoms. The molecule has 2 amide bonds. The summed E-state index contributed by atoms with van der Waals surface area (Å²) in [5.41, 5.74) is 4.43. The van der Waals surface area contributed by atoms with E-state index in [1.54, 1.807) is 23.3 Å². The summed E-state index contributed by atoms with van der Waals surface area (Å²) in [5, 5.41) is 6.21. The Morgan fingerprint density at radius 3 is 2.71 bits per heavy atom. The number of likely N-dealkylation sites (tertiary alicyclic amines) is 1. The summed E-state index contributed by atoms with van der Waals surface area (Å²) in [7, 11) is 1.80. The molecule has 2 N–H and O–H groups in total. The molecule has 1 aromatic heterocycles. The first-order chi connectivity index (χ1) is 16.7. The summed E-state index contributed by atoms with van der Waals surface area (Å²) in [6.45, 7) is 9.36. The van der Waals surface area contributed by atoms with Gasteiger partial charge in [-0.2, -0.15) is 0 Å². The highest BCUT2D eigenvalue weighted by molar-refractivity contribution is 7.13. The van der Waals surface area contributed by atoms with Gasteiger partial charge in [-0.1, -0.05) is 32.9 Å². The largest absolute Gasteiger partial charge is 0.492 e. The van der Waals surface area contributed by atoms with Gasteiger partial charge in [0.05, 0.1) is 28.0 Å². The molecule has 2 atom stereocenters. The fraction of sp³-hybridized carbons (Fsp3) is 0.577. The molecule has 1 aliphatic heterocycles. The molecule has 1 unspecified atom stereocenters. The van der Waals surface area contributed by atoms with Crippen LogP contribution in [0.1, 0.15) is 51.3 Å². The van der Waals surface area contributed by atoms with E-state index in [0.717, 1.165) is 34.5 Å². The van der Waals surface area contributed by atoms with E-state index in [1.807, 2.05) is 51.4 Å². The zero-order valence-corrected chi connectivity index (χ0v) is 22.9. The van der Waals surface area contributed by atoms with E-state index in [0.29, 0.717) is 37.7 Å². The van der Waals surface area contributed by atoms with E-state index in [9.17, 15) is 9.59 Å². The lowest BCUT2D eigenvalue weighted by molar-refractivity contribution is -0.145. The summed E-state index contributed by atoms with van der Waals surface area (Å²) >= 11 is 7.45. The first-order valence-electron chi connectivity index (χ1n) is 12.1. The van der Waals surface area contributed by atoms with Crippen molar-refractivity contribution in [1.82, 2.24) is 20.5 Å². The Hall–Kier alpha value is -2.16. The normalized spacial score (nSPS) is 17.2. The van der Waals surface area contributed by atoms with E-state index < -0.39 is 6.04 Å². The van der Waals surface area contributed by atoms with Crippen LogP contribution in [0.15, 0.2) is 23.7 Å². The first-order valence-corrected chi connectivity index (χ1v) is 13.6. The van der Waals surface area contributed by atoms with Gasteiger partial charge in [-0.3, -0.25) is 9.59 Å². The SMILES string of the molecule is CN[C@H](C(=O)N1CCCCC1C(=O)NCc1ccc(-c2scnc2C)cc1OCCCl)C(C)(C)C. The highest BCUT2D eigenvalue weighted by atomic mass is 35.5. The second-order valence-corrected chi connectivity index (χ2v) is 11.2. The maximum atomic E-state index is 13.4. The number of halogens is 1. The van der Waals surface area contributed by atoms with Gasteiger partial charge >= 0.3 is 0 Å². The number of benzene rings is 1. The summed E-state index contributed by atoms with van der Waals surface area (Å²) < 4.78 is 5.91. The number of amides is 2. The second kappa shape index (κ2) is 12.2. The monoisotopic (exact) mass is 520 g/mol. The lowest BCUT2D eigenvalue weighted by atomic mass is 9.85. The van der Waals surface area contributed by atoms with Crippen molar-refractivity contribution in [2.75, 3.05) is 26.1 Å². The highest BCUT2D eigenvalue weighted by Gasteiger charge is 2.39. The fourth-order valence-corrected chi connectivity index (χ4v) is 5.44. The van der Waals surface area contributed by atoms with Crippen LogP contribution in [0.5, 0.6) is 5.75 Å². The van der Waals surface area contributed by atoms with Crippen LogP contribution in [-0.4, -0.2) is 59.9 Å². The van der Waals surface area contributed by atoms with Crippen LogP contribution in [0.2, 0.25) is 0 Å². The van der Waals surface area contributed by atoms with E-state index in [1.165, 1.54) is 0 Å². The van der Waals surface area contributed by atoms with Gasteiger partial charge in [-0.25, -0.2) is 4.98 Å². The third-order valence-electron chi connectivity index (χ3n) is 6.35. The Morgan fingerprint density at radius 1 is 1.31 bits per heavy atom.